The van der Waals surface area contributed by atoms with E-state index in [1.54, 1.807) is 42.5 Å². The summed E-state index contributed by atoms with van der Waals surface area (Å²) in [5.41, 5.74) is 1.25. The highest BCUT2D eigenvalue weighted by atomic mass is 35.5. The van der Waals surface area contributed by atoms with Gasteiger partial charge in [-0.3, -0.25) is 4.79 Å². The summed E-state index contributed by atoms with van der Waals surface area (Å²) in [5, 5.41) is 10.9. The Kier molecular flexibility index (Phi) is 4.92. The standard InChI is InChI=1S/C15H11Cl3O2/c16-10-4-1-3-9(7-10)11(15(19)20)8-12-13(17)5-2-6-14(12)18/h1-7,11H,8H2,(H,19,20). The molecule has 0 amide bonds. The zero-order valence-electron chi connectivity index (χ0n) is 10.3. The summed E-state index contributed by atoms with van der Waals surface area (Å²) in [6.07, 6.45) is 0.216. The molecule has 0 radical (unpaired) electrons. The molecule has 0 spiro atoms. The molecular weight excluding hydrogens is 319 g/mol. The number of carboxylic acids is 1. The van der Waals surface area contributed by atoms with Crippen molar-refractivity contribution in [2.24, 2.45) is 0 Å². The van der Waals surface area contributed by atoms with Crippen molar-refractivity contribution in [2.75, 3.05) is 0 Å². The maximum atomic E-state index is 11.5. The second-order valence-corrected chi connectivity index (χ2v) is 5.60. The number of benzene rings is 2. The van der Waals surface area contributed by atoms with E-state index in [4.69, 9.17) is 34.8 Å². The van der Waals surface area contributed by atoms with Crippen molar-refractivity contribution in [1.82, 2.24) is 0 Å². The first-order chi connectivity index (χ1) is 9.49. The number of carbonyl (C=O) groups is 1. The number of rotatable bonds is 4. The fraction of sp³-hybridized carbons (Fsp3) is 0.133. The van der Waals surface area contributed by atoms with E-state index in [-0.39, 0.29) is 6.42 Å². The highest BCUT2D eigenvalue weighted by molar-refractivity contribution is 6.36. The van der Waals surface area contributed by atoms with Crippen molar-refractivity contribution >= 4 is 40.8 Å². The average molecular weight is 330 g/mol. The molecule has 0 saturated heterocycles. The predicted molar refractivity (Wildman–Crippen MR) is 82.0 cm³/mol. The van der Waals surface area contributed by atoms with Crippen LogP contribution in [0.5, 0.6) is 0 Å². The van der Waals surface area contributed by atoms with Gasteiger partial charge in [0.2, 0.25) is 0 Å². The lowest BCUT2D eigenvalue weighted by molar-refractivity contribution is -0.138. The van der Waals surface area contributed by atoms with E-state index in [0.29, 0.717) is 26.2 Å². The van der Waals surface area contributed by atoms with E-state index in [9.17, 15) is 9.90 Å². The lowest BCUT2D eigenvalue weighted by atomic mass is 9.92. The number of aliphatic carboxylic acids is 1. The molecule has 2 aromatic carbocycles. The number of hydrogen-bond donors (Lipinski definition) is 1. The van der Waals surface area contributed by atoms with Crippen LogP contribution in [0.4, 0.5) is 0 Å². The normalized spacial score (nSPS) is 12.2. The van der Waals surface area contributed by atoms with Crippen molar-refractivity contribution in [3.8, 4) is 0 Å². The monoisotopic (exact) mass is 328 g/mol. The van der Waals surface area contributed by atoms with E-state index in [1.165, 1.54) is 0 Å². The molecule has 0 aliphatic carbocycles. The minimum atomic E-state index is -0.941. The Morgan fingerprint density at radius 2 is 1.65 bits per heavy atom. The molecule has 0 bridgehead atoms. The van der Waals surface area contributed by atoms with Crippen molar-refractivity contribution in [3.05, 3.63) is 68.7 Å². The molecule has 0 fully saturated rings. The van der Waals surface area contributed by atoms with Gasteiger partial charge in [0, 0.05) is 15.1 Å². The summed E-state index contributed by atoms with van der Waals surface area (Å²) in [7, 11) is 0. The van der Waals surface area contributed by atoms with Crippen LogP contribution in [0.15, 0.2) is 42.5 Å². The lowest BCUT2D eigenvalue weighted by Gasteiger charge is -2.15. The third-order valence-corrected chi connectivity index (χ3v) is 3.96. The van der Waals surface area contributed by atoms with E-state index < -0.39 is 11.9 Å². The van der Waals surface area contributed by atoms with Crippen LogP contribution in [0.3, 0.4) is 0 Å². The first-order valence-corrected chi connectivity index (χ1v) is 7.03. The topological polar surface area (TPSA) is 37.3 Å². The molecule has 2 aromatic rings. The number of carboxylic acid groups (broad SMARTS) is 1. The molecule has 20 heavy (non-hydrogen) atoms. The van der Waals surface area contributed by atoms with Gasteiger partial charge in [-0.2, -0.15) is 0 Å². The van der Waals surface area contributed by atoms with Gasteiger partial charge in [0.25, 0.3) is 0 Å². The Morgan fingerprint density at radius 1 is 1.05 bits per heavy atom. The van der Waals surface area contributed by atoms with Gasteiger partial charge in [-0.25, -0.2) is 0 Å². The maximum Gasteiger partial charge on any atom is 0.311 e. The van der Waals surface area contributed by atoms with E-state index in [1.807, 2.05) is 0 Å². The highest BCUT2D eigenvalue weighted by Crippen LogP contribution is 2.31. The Hall–Kier alpha value is -1.22. The molecule has 2 rings (SSSR count). The Balaban J connectivity index is 2.38. The molecule has 1 atom stereocenters. The zero-order valence-corrected chi connectivity index (χ0v) is 12.6. The van der Waals surface area contributed by atoms with Crippen LogP contribution in [0.25, 0.3) is 0 Å². The SMILES string of the molecule is O=C(O)C(Cc1c(Cl)cccc1Cl)c1cccc(Cl)c1. The highest BCUT2D eigenvalue weighted by Gasteiger charge is 2.23. The van der Waals surface area contributed by atoms with Crippen molar-refractivity contribution in [2.45, 2.75) is 12.3 Å². The van der Waals surface area contributed by atoms with Crippen LogP contribution in [-0.2, 0) is 11.2 Å². The third-order valence-electron chi connectivity index (χ3n) is 3.02. The molecule has 0 saturated carbocycles. The first-order valence-electron chi connectivity index (χ1n) is 5.90. The molecule has 1 N–H and O–H groups in total. The Morgan fingerprint density at radius 3 is 2.20 bits per heavy atom. The molecule has 0 heterocycles. The Labute approximate surface area is 131 Å². The van der Waals surface area contributed by atoms with Crippen LogP contribution in [0.2, 0.25) is 15.1 Å². The van der Waals surface area contributed by atoms with Crippen LogP contribution in [0.1, 0.15) is 17.0 Å². The molecule has 5 heteroatoms. The second-order valence-electron chi connectivity index (χ2n) is 4.35. The zero-order chi connectivity index (χ0) is 14.7. The smallest absolute Gasteiger partial charge is 0.311 e. The Bertz CT molecular complexity index is 621. The summed E-state index contributed by atoms with van der Waals surface area (Å²) in [6, 6.07) is 11.9. The van der Waals surface area contributed by atoms with Gasteiger partial charge >= 0.3 is 5.97 Å². The minimum absolute atomic E-state index is 0.216. The van der Waals surface area contributed by atoms with Crippen LogP contribution in [0, 0.1) is 0 Å². The fourth-order valence-corrected chi connectivity index (χ4v) is 2.75. The maximum absolute atomic E-state index is 11.5. The van der Waals surface area contributed by atoms with Crippen LogP contribution in [-0.4, -0.2) is 11.1 Å². The van der Waals surface area contributed by atoms with Gasteiger partial charge in [-0.15, -0.1) is 0 Å². The fourth-order valence-electron chi connectivity index (χ4n) is 2.00. The van der Waals surface area contributed by atoms with Gasteiger partial charge < -0.3 is 5.11 Å². The van der Waals surface area contributed by atoms with Crippen molar-refractivity contribution in [3.63, 3.8) is 0 Å². The molecule has 1 unspecified atom stereocenters. The lowest BCUT2D eigenvalue weighted by Crippen LogP contribution is -2.15. The summed E-state index contributed by atoms with van der Waals surface area (Å²) in [6.45, 7) is 0. The number of halogens is 3. The van der Waals surface area contributed by atoms with Gasteiger partial charge in [0.1, 0.15) is 0 Å². The van der Waals surface area contributed by atoms with E-state index in [2.05, 4.69) is 0 Å². The van der Waals surface area contributed by atoms with Crippen LogP contribution < -0.4 is 0 Å². The summed E-state index contributed by atoms with van der Waals surface area (Å²) in [5.74, 6) is -1.69. The van der Waals surface area contributed by atoms with E-state index in [0.717, 1.165) is 0 Å². The third kappa shape index (κ3) is 3.45. The average Bonchev–Trinajstić information content (AvgIpc) is 2.38. The summed E-state index contributed by atoms with van der Waals surface area (Å²) in [4.78, 5) is 11.5. The minimum Gasteiger partial charge on any atom is -0.481 e. The van der Waals surface area contributed by atoms with Crippen molar-refractivity contribution < 1.29 is 9.90 Å². The molecule has 0 aliphatic heterocycles. The van der Waals surface area contributed by atoms with Gasteiger partial charge in [-0.1, -0.05) is 53.0 Å². The van der Waals surface area contributed by atoms with Gasteiger partial charge in [0.05, 0.1) is 5.92 Å². The van der Waals surface area contributed by atoms with Crippen molar-refractivity contribution in [1.29, 1.82) is 0 Å². The molecule has 0 aliphatic rings. The number of hydrogen-bond acceptors (Lipinski definition) is 1. The summed E-state index contributed by atoms with van der Waals surface area (Å²) < 4.78 is 0. The molecular formula is C15H11Cl3O2. The largest absolute Gasteiger partial charge is 0.481 e. The predicted octanol–water partition coefficient (Wildman–Crippen LogP) is 5.06. The van der Waals surface area contributed by atoms with Gasteiger partial charge in [0.15, 0.2) is 0 Å². The summed E-state index contributed by atoms with van der Waals surface area (Å²) >= 11 is 18.1. The first kappa shape index (κ1) is 15.2. The van der Waals surface area contributed by atoms with Gasteiger partial charge in [-0.05, 0) is 41.8 Å². The second kappa shape index (κ2) is 6.49. The molecule has 2 nitrogen and oxygen atoms in total. The molecule has 104 valence electrons. The molecule has 0 aromatic heterocycles. The van der Waals surface area contributed by atoms with E-state index >= 15 is 0 Å². The van der Waals surface area contributed by atoms with Crippen LogP contribution >= 0.6 is 34.8 Å². The quantitative estimate of drug-likeness (QED) is 0.851.